The molecule has 0 aliphatic carbocycles. The molecule has 0 N–H and O–H groups in total. The summed E-state index contributed by atoms with van der Waals surface area (Å²) in [7, 11) is 0. The summed E-state index contributed by atoms with van der Waals surface area (Å²) in [6, 6.07) is 17.0. The van der Waals surface area contributed by atoms with E-state index >= 15 is 0 Å². The number of hydrogen-bond acceptors (Lipinski definition) is 3. The van der Waals surface area contributed by atoms with Crippen LogP contribution < -0.4 is 4.74 Å². The van der Waals surface area contributed by atoms with E-state index < -0.39 is 5.97 Å². The standard InChI is InChI=1S/C17H16O3/c1-3-17(18)19-13(2)14-9-11-16(12-10-14)20-15-7-5-4-6-8-15/h3-13H,1H2,2H3. The number of carbonyl (C=O) groups excluding carboxylic acids is 1. The van der Waals surface area contributed by atoms with Crippen molar-refractivity contribution in [1.29, 1.82) is 0 Å². The van der Waals surface area contributed by atoms with Crippen LogP contribution in [-0.4, -0.2) is 5.97 Å². The molecule has 0 saturated carbocycles. The quantitative estimate of drug-likeness (QED) is 0.600. The van der Waals surface area contributed by atoms with Crippen molar-refractivity contribution >= 4 is 5.97 Å². The average Bonchev–Trinajstić information content (AvgIpc) is 2.49. The highest BCUT2D eigenvalue weighted by Gasteiger charge is 2.09. The first-order valence-corrected chi connectivity index (χ1v) is 6.35. The smallest absolute Gasteiger partial charge is 0.330 e. The first-order valence-electron chi connectivity index (χ1n) is 6.35. The van der Waals surface area contributed by atoms with Gasteiger partial charge in [0.25, 0.3) is 0 Å². The third-order valence-corrected chi connectivity index (χ3v) is 2.79. The molecule has 1 atom stereocenters. The Morgan fingerprint density at radius 3 is 2.25 bits per heavy atom. The minimum atomic E-state index is -0.429. The molecule has 1 unspecified atom stereocenters. The number of esters is 1. The Morgan fingerprint density at radius 2 is 1.65 bits per heavy atom. The summed E-state index contributed by atoms with van der Waals surface area (Å²) in [5, 5.41) is 0. The molecule has 2 aromatic carbocycles. The molecule has 0 heterocycles. The Labute approximate surface area is 118 Å². The van der Waals surface area contributed by atoms with E-state index in [-0.39, 0.29) is 6.10 Å². The predicted octanol–water partition coefficient (Wildman–Crippen LogP) is 4.27. The van der Waals surface area contributed by atoms with Gasteiger partial charge in [0.2, 0.25) is 0 Å². The Balaban J connectivity index is 2.02. The Bertz CT molecular complexity index is 573. The van der Waals surface area contributed by atoms with E-state index in [4.69, 9.17) is 9.47 Å². The Kier molecular flexibility index (Phi) is 4.56. The van der Waals surface area contributed by atoms with Crippen molar-refractivity contribution in [3.8, 4) is 11.5 Å². The number of para-hydroxylation sites is 1. The fourth-order valence-electron chi connectivity index (χ4n) is 1.72. The summed E-state index contributed by atoms with van der Waals surface area (Å²) in [5.41, 5.74) is 0.903. The molecular formula is C17H16O3. The summed E-state index contributed by atoms with van der Waals surface area (Å²) in [4.78, 5) is 11.1. The van der Waals surface area contributed by atoms with Gasteiger partial charge in [0, 0.05) is 6.08 Å². The lowest BCUT2D eigenvalue weighted by Crippen LogP contribution is -2.05. The topological polar surface area (TPSA) is 35.5 Å². The molecule has 0 radical (unpaired) electrons. The monoisotopic (exact) mass is 268 g/mol. The predicted molar refractivity (Wildman–Crippen MR) is 77.7 cm³/mol. The zero-order valence-corrected chi connectivity index (χ0v) is 11.3. The molecule has 102 valence electrons. The van der Waals surface area contributed by atoms with Crippen molar-refractivity contribution in [3.05, 3.63) is 72.8 Å². The molecule has 0 fully saturated rings. The lowest BCUT2D eigenvalue weighted by Gasteiger charge is -2.13. The molecule has 3 heteroatoms. The maximum atomic E-state index is 11.1. The van der Waals surface area contributed by atoms with Crippen molar-refractivity contribution < 1.29 is 14.3 Å². The first-order chi connectivity index (χ1) is 9.69. The van der Waals surface area contributed by atoms with Gasteiger partial charge in [-0.2, -0.15) is 0 Å². The van der Waals surface area contributed by atoms with E-state index in [9.17, 15) is 4.79 Å². The molecule has 0 aromatic heterocycles. The van der Waals surface area contributed by atoms with Crippen molar-refractivity contribution in [1.82, 2.24) is 0 Å². The van der Waals surface area contributed by atoms with Crippen LogP contribution in [0.1, 0.15) is 18.6 Å². The molecule has 0 aliphatic heterocycles. The zero-order valence-electron chi connectivity index (χ0n) is 11.3. The number of hydrogen-bond donors (Lipinski definition) is 0. The van der Waals surface area contributed by atoms with Crippen LogP contribution in [0.15, 0.2) is 67.3 Å². The van der Waals surface area contributed by atoms with Gasteiger partial charge in [-0.1, -0.05) is 36.9 Å². The normalized spacial score (nSPS) is 11.4. The highest BCUT2D eigenvalue weighted by molar-refractivity contribution is 5.81. The van der Waals surface area contributed by atoms with Gasteiger partial charge in [0.05, 0.1) is 0 Å². The molecular weight excluding hydrogens is 252 g/mol. The van der Waals surface area contributed by atoms with Crippen molar-refractivity contribution in [2.75, 3.05) is 0 Å². The lowest BCUT2D eigenvalue weighted by molar-refractivity contribution is -0.142. The van der Waals surface area contributed by atoms with Crippen molar-refractivity contribution in [3.63, 3.8) is 0 Å². The van der Waals surface area contributed by atoms with E-state index in [1.165, 1.54) is 0 Å². The molecule has 2 aromatic rings. The third kappa shape index (κ3) is 3.72. The molecule has 20 heavy (non-hydrogen) atoms. The fourth-order valence-corrected chi connectivity index (χ4v) is 1.72. The first kappa shape index (κ1) is 13.9. The maximum Gasteiger partial charge on any atom is 0.330 e. The van der Waals surface area contributed by atoms with Gasteiger partial charge in [-0.3, -0.25) is 0 Å². The molecule has 0 aliphatic rings. The molecule has 0 bridgehead atoms. The average molecular weight is 268 g/mol. The van der Waals surface area contributed by atoms with Crippen LogP contribution in [-0.2, 0) is 9.53 Å². The van der Waals surface area contributed by atoms with E-state index in [1.54, 1.807) is 0 Å². The van der Waals surface area contributed by atoms with E-state index in [2.05, 4.69) is 6.58 Å². The van der Waals surface area contributed by atoms with E-state index in [0.717, 1.165) is 23.1 Å². The van der Waals surface area contributed by atoms with Crippen molar-refractivity contribution in [2.24, 2.45) is 0 Å². The molecule has 2 rings (SSSR count). The Hall–Kier alpha value is -2.55. The third-order valence-electron chi connectivity index (χ3n) is 2.79. The number of rotatable bonds is 5. The summed E-state index contributed by atoms with van der Waals surface area (Å²) >= 11 is 0. The van der Waals surface area contributed by atoms with Gasteiger partial charge in [-0.05, 0) is 36.8 Å². The summed E-state index contributed by atoms with van der Waals surface area (Å²) in [6.45, 7) is 5.19. The summed E-state index contributed by atoms with van der Waals surface area (Å²) in [6.07, 6.45) is 0.843. The molecule has 0 amide bonds. The highest BCUT2D eigenvalue weighted by Crippen LogP contribution is 2.24. The second kappa shape index (κ2) is 6.57. The lowest BCUT2D eigenvalue weighted by atomic mass is 10.1. The molecule has 3 nitrogen and oxygen atoms in total. The van der Waals surface area contributed by atoms with E-state index in [0.29, 0.717) is 0 Å². The number of carbonyl (C=O) groups is 1. The van der Waals surface area contributed by atoms with Crippen LogP contribution in [0.2, 0.25) is 0 Å². The molecule has 0 saturated heterocycles. The Morgan fingerprint density at radius 1 is 1.05 bits per heavy atom. The second-order valence-corrected chi connectivity index (χ2v) is 4.27. The number of benzene rings is 2. The van der Waals surface area contributed by atoms with Crippen molar-refractivity contribution in [2.45, 2.75) is 13.0 Å². The van der Waals surface area contributed by atoms with Gasteiger partial charge in [0.1, 0.15) is 17.6 Å². The second-order valence-electron chi connectivity index (χ2n) is 4.27. The summed E-state index contributed by atoms with van der Waals surface area (Å²) in [5.74, 6) is 1.09. The zero-order chi connectivity index (χ0) is 14.4. The van der Waals surface area contributed by atoms with Crippen LogP contribution >= 0.6 is 0 Å². The minimum absolute atomic E-state index is 0.314. The van der Waals surface area contributed by atoms with Crippen LogP contribution in [0.4, 0.5) is 0 Å². The fraction of sp³-hybridized carbons (Fsp3) is 0.118. The van der Waals surface area contributed by atoms with E-state index in [1.807, 2.05) is 61.5 Å². The summed E-state index contributed by atoms with van der Waals surface area (Å²) < 4.78 is 10.8. The highest BCUT2D eigenvalue weighted by atomic mass is 16.5. The van der Waals surface area contributed by atoms with Crippen LogP contribution in [0.3, 0.4) is 0 Å². The van der Waals surface area contributed by atoms with Gasteiger partial charge in [0.15, 0.2) is 0 Å². The van der Waals surface area contributed by atoms with Gasteiger partial charge >= 0.3 is 5.97 Å². The SMILES string of the molecule is C=CC(=O)OC(C)c1ccc(Oc2ccccc2)cc1. The molecule has 0 spiro atoms. The maximum absolute atomic E-state index is 11.1. The number of ether oxygens (including phenoxy) is 2. The van der Waals surface area contributed by atoms with Gasteiger partial charge in [-0.25, -0.2) is 4.79 Å². The largest absolute Gasteiger partial charge is 0.457 e. The van der Waals surface area contributed by atoms with Crippen LogP contribution in [0.25, 0.3) is 0 Å². The van der Waals surface area contributed by atoms with Crippen LogP contribution in [0, 0.1) is 0 Å². The van der Waals surface area contributed by atoms with Crippen LogP contribution in [0.5, 0.6) is 11.5 Å². The van der Waals surface area contributed by atoms with Gasteiger partial charge in [-0.15, -0.1) is 0 Å². The minimum Gasteiger partial charge on any atom is -0.457 e. The van der Waals surface area contributed by atoms with Gasteiger partial charge < -0.3 is 9.47 Å².